The highest BCUT2D eigenvalue weighted by atomic mass is 15.2. The van der Waals surface area contributed by atoms with Crippen molar-refractivity contribution in [2.45, 2.75) is 52.2 Å². The number of nitrogens with one attached hydrogen (secondary N) is 1. The van der Waals surface area contributed by atoms with Crippen molar-refractivity contribution < 1.29 is 0 Å². The predicted molar refractivity (Wildman–Crippen MR) is 53.4 cm³/mol. The molecule has 1 N–H and O–H groups in total. The van der Waals surface area contributed by atoms with Gasteiger partial charge in [-0.3, -0.25) is 4.90 Å². The van der Waals surface area contributed by atoms with E-state index in [-0.39, 0.29) is 0 Å². The number of rotatable bonds is 2. The fourth-order valence-corrected chi connectivity index (χ4v) is 1.99. The minimum Gasteiger partial charge on any atom is -0.309 e. The van der Waals surface area contributed by atoms with Crippen LogP contribution in [0.1, 0.15) is 34.1 Å². The van der Waals surface area contributed by atoms with Crippen LogP contribution >= 0.6 is 0 Å². The molecule has 3 atom stereocenters. The van der Waals surface area contributed by atoms with Gasteiger partial charge in [0.25, 0.3) is 0 Å². The fraction of sp³-hybridized carbons (Fsp3) is 1.00. The summed E-state index contributed by atoms with van der Waals surface area (Å²) in [4.78, 5) is 2.59. The lowest BCUT2D eigenvalue weighted by Crippen LogP contribution is -2.56. The number of nitrogens with zero attached hydrogens (tertiary/aromatic N) is 1. The summed E-state index contributed by atoms with van der Waals surface area (Å²) in [6, 6.07) is 2.06. The molecule has 0 saturated carbocycles. The minimum atomic E-state index is 0.655. The first kappa shape index (κ1) is 10.0. The third-order valence-electron chi connectivity index (χ3n) is 2.80. The van der Waals surface area contributed by atoms with Gasteiger partial charge in [0.05, 0.1) is 0 Å². The van der Waals surface area contributed by atoms with E-state index in [1.165, 1.54) is 19.5 Å². The highest BCUT2D eigenvalue weighted by Crippen LogP contribution is 2.10. The van der Waals surface area contributed by atoms with Crippen LogP contribution in [0.25, 0.3) is 0 Å². The Balaban J connectivity index is 2.43. The molecule has 3 unspecified atom stereocenters. The van der Waals surface area contributed by atoms with E-state index >= 15 is 0 Å². The molecule has 1 aliphatic rings. The molecule has 2 nitrogen and oxygen atoms in total. The van der Waals surface area contributed by atoms with E-state index in [0.29, 0.717) is 12.1 Å². The molecule has 0 aromatic rings. The van der Waals surface area contributed by atoms with Crippen LogP contribution < -0.4 is 5.32 Å². The lowest BCUT2D eigenvalue weighted by atomic mass is 10.1. The van der Waals surface area contributed by atoms with Gasteiger partial charge in [-0.15, -0.1) is 0 Å². The molecular formula is C10H22N2. The molecule has 1 fully saturated rings. The van der Waals surface area contributed by atoms with Gasteiger partial charge >= 0.3 is 0 Å². The van der Waals surface area contributed by atoms with Gasteiger partial charge in [0.2, 0.25) is 0 Å². The molecule has 2 heteroatoms. The van der Waals surface area contributed by atoms with Crippen LogP contribution in [0.5, 0.6) is 0 Å². The summed E-state index contributed by atoms with van der Waals surface area (Å²) in [6.07, 6.45) is 1.26. The lowest BCUT2D eigenvalue weighted by molar-refractivity contribution is 0.128. The van der Waals surface area contributed by atoms with Crippen molar-refractivity contribution in [1.82, 2.24) is 10.2 Å². The summed E-state index contributed by atoms with van der Waals surface area (Å²) in [5, 5.41) is 3.55. The van der Waals surface area contributed by atoms with Crippen LogP contribution in [0, 0.1) is 0 Å². The van der Waals surface area contributed by atoms with Crippen molar-refractivity contribution in [3.05, 3.63) is 0 Å². The molecule has 0 aromatic heterocycles. The minimum absolute atomic E-state index is 0.655. The van der Waals surface area contributed by atoms with E-state index in [2.05, 4.69) is 37.9 Å². The highest BCUT2D eigenvalue weighted by Gasteiger charge is 2.23. The molecule has 0 bridgehead atoms. The summed E-state index contributed by atoms with van der Waals surface area (Å²) in [5.41, 5.74) is 0. The summed E-state index contributed by atoms with van der Waals surface area (Å²) >= 11 is 0. The Kier molecular flexibility index (Phi) is 3.53. The van der Waals surface area contributed by atoms with Gasteiger partial charge in [0.1, 0.15) is 0 Å². The first-order chi connectivity index (χ1) is 5.63. The topological polar surface area (TPSA) is 15.3 Å². The van der Waals surface area contributed by atoms with Crippen molar-refractivity contribution in [3.8, 4) is 0 Å². The Hall–Kier alpha value is -0.0800. The first-order valence-electron chi connectivity index (χ1n) is 5.13. The maximum atomic E-state index is 3.55. The number of hydrogen-bond acceptors (Lipinski definition) is 2. The molecule has 0 aliphatic carbocycles. The zero-order valence-corrected chi connectivity index (χ0v) is 8.80. The van der Waals surface area contributed by atoms with Crippen molar-refractivity contribution in [2.24, 2.45) is 0 Å². The number of piperazine rings is 1. The van der Waals surface area contributed by atoms with Gasteiger partial charge in [0.15, 0.2) is 0 Å². The van der Waals surface area contributed by atoms with Crippen LogP contribution in [0.3, 0.4) is 0 Å². The predicted octanol–water partition coefficient (Wildman–Crippen LogP) is 1.47. The van der Waals surface area contributed by atoms with E-state index in [4.69, 9.17) is 0 Å². The fourth-order valence-electron chi connectivity index (χ4n) is 1.99. The smallest absolute Gasteiger partial charge is 0.0169 e. The maximum Gasteiger partial charge on any atom is 0.0169 e. The van der Waals surface area contributed by atoms with Crippen molar-refractivity contribution in [1.29, 1.82) is 0 Å². The Bertz CT molecular complexity index is 126. The quantitative estimate of drug-likeness (QED) is 0.675. The molecular weight excluding hydrogens is 148 g/mol. The Morgan fingerprint density at radius 2 is 1.83 bits per heavy atom. The monoisotopic (exact) mass is 170 g/mol. The van der Waals surface area contributed by atoms with Crippen LogP contribution in [0.2, 0.25) is 0 Å². The summed E-state index contributed by atoms with van der Waals surface area (Å²) in [7, 11) is 0. The van der Waals surface area contributed by atoms with Crippen molar-refractivity contribution >= 4 is 0 Å². The van der Waals surface area contributed by atoms with E-state index in [0.717, 1.165) is 6.04 Å². The molecule has 12 heavy (non-hydrogen) atoms. The van der Waals surface area contributed by atoms with E-state index in [1.54, 1.807) is 0 Å². The van der Waals surface area contributed by atoms with Gasteiger partial charge in [-0.05, 0) is 27.2 Å². The summed E-state index contributed by atoms with van der Waals surface area (Å²) in [6.45, 7) is 11.5. The highest BCUT2D eigenvalue weighted by molar-refractivity contribution is 4.83. The molecule has 0 amide bonds. The Morgan fingerprint density at radius 1 is 1.33 bits per heavy atom. The zero-order chi connectivity index (χ0) is 9.14. The Labute approximate surface area is 76.3 Å². The summed E-state index contributed by atoms with van der Waals surface area (Å²) < 4.78 is 0. The molecule has 1 saturated heterocycles. The number of hydrogen-bond donors (Lipinski definition) is 1. The second-order valence-electron chi connectivity index (χ2n) is 4.18. The van der Waals surface area contributed by atoms with E-state index in [1.807, 2.05) is 0 Å². The van der Waals surface area contributed by atoms with Crippen LogP contribution in [0.15, 0.2) is 0 Å². The average Bonchev–Trinajstić information content (AvgIpc) is 2.01. The molecule has 0 aromatic carbocycles. The SMILES string of the molecule is CCC(C)N1CC(C)NC(C)C1. The first-order valence-corrected chi connectivity index (χ1v) is 5.13. The zero-order valence-electron chi connectivity index (χ0n) is 8.80. The third-order valence-corrected chi connectivity index (χ3v) is 2.80. The van der Waals surface area contributed by atoms with Gasteiger partial charge in [-0.2, -0.15) is 0 Å². The van der Waals surface area contributed by atoms with Gasteiger partial charge in [0, 0.05) is 31.2 Å². The van der Waals surface area contributed by atoms with Gasteiger partial charge in [-0.1, -0.05) is 6.92 Å². The largest absolute Gasteiger partial charge is 0.309 e. The standard InChI is InChI=1S/C10H22N2/c1-5-10(4)12-6-8(2)11-9(3)7-12/h8-11H,5-7H2,1-4H3. The van der Waals surface area contributed by atoms with Crippen LogP contribution in [-0.2, 0) is 0 Å². The average molecular weight is 170 g/mol. The maximum absolute atomic E-state index is 3.55. The van der Waals surface area contributed by atoms with Crippen LogP contribution in [0.4, 0.5) is 0 Å². The molecule has 0 spiro atoms. The lowest BCUT2D eigenvalue weighted by Gasteiger charge is -2.39. The van der Waals surface area contributed by atoms with Gasteiger partial charge in [-0.25, -0.2) is 0 Å². The second-order valence-corrected chi connectivity index (χ2v) is 4.18. The molecule has 1 aliphatic heterocycles. The summed E-state index contributed by atoms with van der Waals surface area (Å²) in [5.74, 6) is 0. The van der Waals surface area contributed by atoms with Crippen LogP contribution in [-0.4, -0.2) is 36.1 Å². The normalized spacial score (nSPS) is 35.0. The second kappa shape index (κ2) is 4.24. The van der Waals surface area contributed by atoms with Gasteiger partial charge < -0.3 is 5.32 Å². The molecule has 0 radical (unpaired) electrons. The molecule has 1 heterocycles. The van der Waals surface area contributed by atoms with E-state index < -0.39 is 0 Å². The van der Waals surface area contributed by atoms with E-state index in [9.17, 15) is 0 Å². The van der Waals surface area contributed by atoms with Crippen molar-refractivity contribution in [3.63, 3.8) is 0 Å². The molecule has 1 rings (SSSR count). The van der Waals surface area contributed by atoms with Crippen molar-refractivity contribution in [2.75, 3.05) is 13.1 Å². The molecule has 72 valence electrons. The third kappa shape index (κ3) is 2.46. The Morgan fingerprint density at radius 3 is 2.25 bits per heavy atom.